The van der Waals surface area contributed by atoms with E-state index < -0.39 is 6.61 Å². The van der Waals surface area contributed by atoms with Crippen LogP contribution in [0.4, 0.5) is 8.78 Å². The zero-order chi connectivity index (χ0) is 24.2. The van der Waals surface area contributed by atoms with Crippen LogP contribution in [0.2, 0.25) is 0 Å². The Kier molecular flexibility index (Phi) is 6.90. The van der Waals surface area contributed by atoms with Gasteiger partial charge in [0.05, 0.1) is 23.7 Å². The topological polar surface area (TPSA) is 69.1 Å². The molecule has 1 N–H and O–H groups in total. The molecule has 35 heavy (non-hydrogen) atoms. The minimum absolute atomic E-state index is 0.139. The summed E-state index contributed by atoms with van der Waals surface area (Å²) in [6.45, 7) is -2.26. The Morgan fingerprint density at radius 3 is 2.60 bits per heavy atom. The number of ether oxygens (including phenoxy) is 2. The van der Waals surface area contributed by atoms with E-state index in [1.807, 2.05) is 22.8 Å². The molecule has 0 aliphatic heterocycles. The lowest BCUT2D eigenvalue weighted by Crippen LogP contribution is -2.18. The molecule has 6 nitrogen and oxygen atoms in total. The molecule has 1 aliphatic rings. The maximum Gasteiger partial charge on any atom is 0.387 e. The van der Waals surface area contributed by atoms with Crippen LogP contribution in [0.3, 0.4) is 0 Å². The molecule has 8 heteroatoms. The Hall–Kier alpha value is -3.52. The van der Waals surface area contributed by atoms with Gasteiger partial charge < -0.3 is 19.0 Å². The maximum atomic E-state index is 13.0. The third-order valence-electron chi connectivity index (χ3n) is 6.46. The third-order valence-corrected chi connectivity index (χ3v) is 6.46. The molecule has 2 heterocycles. The molecule has 0 saturated heterocycles. The van der Waals surface area contributed by atoms with Crippen molar-refractivity contribution in [2.75, 3.05) is 0 Å². The molecule has 0 atom stereocenters. The summed E-state index contributed by atoms with van der Waals surface area (Å²) in [6.07, 6.45) is 7.55. The molecule has 1 fully saturated rings. The van der Waals surface area contributed by atoms with Gasteiger partial charge in [-0.25, -0.2) is 4.98 Å². The number of benzene rings is 2. The molecule has 1 aliphatic carbocycles. The van der Waals surface area contributed by atoms with Gasteiger partial charge in [-0.2, -0.15) is 8.78 Å². The van der Waals surface area contributed by atoms with Crippen LogP contribution < -0.4 is 10.3 Å². The van der Waals surface area contributed by atoms with E-state index >= 15 is 0 Å². The number of H-pyrrole nitrogens is 1. The number of nitrogens with one attached hydrogen (secondary N) is 1. The lowest BCUT2D eigenvalue weighted by Gasteiger charge is -2.22. The van der Waals surface area contributed by atoms with E-state index in [0.717, 1.165) is 40.8 Å². The summed E-state index contributed by atoms with van der Waals surface area (Å²) in [4.78, 5) is 19.0. The molecule has 2 aromatic heterocycles. The number of hydrogen-bond donors (Lipinski definition) is 1. The van der Waals surface area contributed by atoms with Crippen molar-refractivity contribution in [3.63, 3.8) is 0 Å². The maximum absolute atomic E-state index is 13.0. The fraction of sp³-hybridized carbons (Fsp3) is 0.333. The van der Waals surface area contributed by atoms with Crippen molar-refractivity contribution in [2.45, 2.75) is 58.0 Å². The highest BCUT2D eigenvalue weighted by molar-refractivity contribution is 5.82. The first-order chi connectivity index (χ1) is 17.1. The second kappa shape index (κ2) is 10.4. The van der Waals surface area contributed by atoms with Gasteiger partial charge in [0, 0.05) is 17.8 Å². The van der Waals surface area contributed by atoms with Crippen LogP contribution in [0.1, 0.15) is 43.5 Å². The number of aromatic amines is 1. The zero-order valence-electron chi connectivity index (χ0n) is 19.3. The zero-order valence-corrected chi connectivity index (χ0v) is 19.3. The van der Waals surface area contributed by atoms with E-state index in [-0.39, 0.29) is 17.4 Å². The molecular formula is C27H27F2N3O3. The highest BCUT2D eigenvalue weighted by Crippen LogP contribution is 2.29. The van der Waals surface area contributed by atoms with Crippen molar-refractivity contribution in [1.29, 1.82) is 0 Å². The predicted octanol–water partition coefficient (Wildman–Crippen LogP) is 5.89. The third kappa shape index (κ3) is 5.43. The number of rotatable bonds is 8. The normalized spacial score (nSPS) is 14.6. The molecule has 182 valence electrons. The van der Waals surface area contributed by atoms with Crippen LogP contribution in [0.15, 0.2) is 65.6 Å². The number of para-hydroxylation sites is 1. The van der Waals surface area contributed by atoms with Crippen molar-refractivity contribution < 1.29 is 18.3 Å². The second-order valence-corrected chi connectivity index (χ2v) is 8.82. The van der Waals surface area contributed by atoms with Gasteiger partial charge in [-0.15, -0.1) is 0 Å². The van der Waals surface area contributed by atoms with Gasteiger partial charge in [-0.05, 0) is 48.2 Å². The van der Waals surface area contributed by atoms with E-state index in [2.05, 4.69) is 4.98 Å². The highest BCUT2D eigenvalue weighted by Gasteiger charge is 2.19. The van der Waals surface area contributed by atoms with Crippen LogP contribution in [-0.4, -0.2) is 27.3 Å². The summed E-state index contributed by atoms with van der Waals surface area (Å²) < 4.78 is 39.0. The van der Waals surface area contributed by atoms with Crippen LogP contribution in [0.5, 0.6) is 5.75 Å². The van der Waals surface area contributed by atoms with Crippen LogP contribution in [0.25, 0.3) is 22.2 Å². The monoisotopic (exact) mass is 479 g/mol. The number of imidazole rings is 1. The molecule has 4 aromatic rings. The van der Waals surface area contributed by atoms with E-state index in [1.54, 1.807) is 36.5 Å². The lowest BCUT2D eigenvalue weighted by atomic mass is 9.98. The molecular weight excluding hydrogens is 452 g/mol. The van der Waals surface area contributed by atoms with Gasteiger partial charge in [0.2, 0.25) is 5.56 Å². The number of nitrogens with zero attached hydrogens (tertiary/aromatic N) is 2. The van der Waals surface area contributed by atoms with Crippen molar-refractivity contribution in [2.24, 2.45) is 0 Å². The Labute approximate surface area is 201 Å². The average molecular weight is 480 g/mol. The number of hydrogen-bond acceptors (Lipinski definition) is 4. The number of pyridine rings is 1. The summed E-state index contributed by atoms with van der Waals surface area (Å²) in [5, 5.41) is 0. The first-order valence-corrected chi connectivity index (χ1v) is 11.9. The van der Waals surface area contributed by atoms with E-state index in [9.17, 15) is 13.6 Å². The molecule has 0 bridgehead atoms. The number of aromatic nitrogens is 3. The molecule has 1 saturated carbocycles. The SMILES string of the molecule is O=c1ccc(-c2ccc3nc(COC4CCCCC4)n(Cc4ccccc4OC(F)F)c3c2)c[nH]1. The predicted molar refractivity (Wildman–Crippen MR) is 130 cm³/mol. The van der Waals surface area contributed by atoms with E-state index in [4.69, 9.17) is 14.5 Å². The fourth-order valence-electron chi connectivity index (χ4n) is 4.67. The number of fused-ring (bicyclic) bond motifs is 1. The van der Waals surface area contributed by atoms with Gasteiger partial charge in [0.25, 0.3) is 0 Å². The largest absolute Gasteiger partial charge is 0.434 e. The highest BCUT2D eigenvalue weighted by atomic mass is 19.3. The van der Waals surface area contributed by atoms with Gasteiger partial charge >= 0.3 is 6.61 Å². The van der Waals surface area contributed by atoms with Gasteiger partial charge in [0.1, 0.15) is 18.2 Å². The molecule has 0 spiro atoms. The Morgan fingerprint density at radius 2 is 1.83 bits per heavy atom. The van der Waals surface area contributed by atoms with Gasteiger partial charge in [-0.3, -0.25) is 4.79 Å². The molecule has 0 amide bonds. The lowest BCUT2D eigenvalue weighted by molar-refractivity contribution is -0.0505. The fourth-order valence-corrected chi connectivity index (χ4v) is 4.67. The van der Waals surface area contributed by atoms with Crippen molar-refractivity contribution in [3.8, 4) is 16.9 Å². The van der Waals surface area contributed by atoms with E-state index in [1.165, 1.54) is 25.3 Å². The summed E-state index contributed by atoms with van der Waals surface area (Å²) in [6, 6.07) is 15.9. The van der Waals surface area contributed by atoms with Crippen molar-refractivity contribution in [1.82, 2.24) is 14.5 Å². The summed E-state index contributed by atoms with van der Waals surface area (Å²) >= 11 is 0. The van der Waals surface area contributed by atoms with Gasteiger partial charge in [-0.1, -0.05) is 43.5 Å². The van der Waals surface area contributed by atoms with Crippen LogP contribution in [0, 0.1) is 0 Å². The Balaban J connectivity index is 1.54. The minimum Gasteiger partial charge on any atom is -0.434 e. The first-order valence-electron chi connectivity index (χ1n) is 11.9. The van der Waals surface area contributed by atoms with Crippen LogP contribution in [-0.2, 0) is 17.9 Å². The van der Waals surface area contributed by atoms with Crippen LogP contribution >= 0.6 is 0 Å². The molecule has 5 rings (SSSR count). The number of alkyl halides is 2. The Morgan fingerprint density at radius 1 is 1.03 bits per heavy atom. The average Bonchev–Trinajstić information content (AvgIpc) is 3.21. The minimum atomic E-state index is -2.91. The summed E-state index contributed by atoms with van der Waals surface area (Å²) in [7, 11) is 0. The van der Waals surface area contributed by atoms with Crippen molar-refractivity contribution >= 4 is 11.0 Å². The standard InChI is InChI=1S/C27H27F2N3O3/c28-27(29)35-24-9-5-4-6-20(24)16-32-23-14-18(19-11-13-26(33)30-15-19)10-12-22(23)31-25(32)17-34-21-7-2-1-3-8-21/h4-6,9-15,21,27H,1-3,7-8,16-17H2,(H,30,33). The number of halogens is 2. The first kappa shape index (κ1) is 23.2. The molecule has 2 aromatic carbocycles. The summed E-state index contributed by atoms with van der Waals surface area (Å²) in [5.74, 6) is 0.872. The molecule has 0 radical (unpaired) electrons. The summed E-state index contributed by atoms with van der Waals surface area (Å²) in [5.41, 5.74) is 3.86. The van der Waals surface area contributed by atoms with E-state index in [0.29, 0.717) is 18.7 Å². The quantitative estimate of drug-likeness (QED) is 0.342. The van der Waals surface area contributed by atoms with Gasteiger partial charge in [0.15, 0.2) is 0 Å². The Bertz CT molecular complexity index is 1340. The second-order valence-electron chi connectivity index (χ2n) is 8.82. The van der Waals surface area contributed by atoms with Crippen molar-refractivity contribution in [3.05, 3.63) is 82.5 Å². The molecule has 0 unspecified atom stereocenters. The smallest absolute Gasteiger partial charge is 0.387 e.